The Morgan fingerprint density at radius 1 is 0.977 bits per heavy atom. The molecule has 0 saturated heterocycles. The molecule has 3 aromatic carbocycles. The number of nitrogens with one attached hydrogen (secondary N) is 1. The van der Waals surface area contributed by atoms with E-state index in [1.165, 1.54) is 4.90 Å². The Balaban J connectivity index is 1.58. The second-order valence-corrected chi connectivity index (χ2v) is 12.2. The van der Waals surface area contributed by atoms with E-state index in [4.69, 9.17) is 28.8 Å². The Kier molecular flexibility index (Phi) is 11.7. The highest BCUT2D eigenvalue weighted by Crippen LogP contribution is 2.34. The van der Waals surface area contributed by atoms with E-state index in [9.17, 15) is 9.59 Å². The Labute approximate surface area is 262 Å². The number of aryl methyl sites for hydroxylation is 1. The minimum absolute atomic E-state index is 0.239. The molecular weight excluding hydrogens is 580 g/mol. The van der Waals surface area contributed by atoms with E-state index in [-0.39, 0.29) is 18.4 Å². The summed E-state index contributed by atoms with van der Waals surface area (Å²) >= 11 is 7.96. The zero-order valence-corrected chi connectivity index (χ0v) is 26.3. The van der Waals surface area contributed by atoms with E-state index in [1.54, 1.807) is 18.8 Å². The van der Waals surface area contributed by atoms with E-state index in [0.717, 1.165) is 50.2 Å². The van der Waals surface area contributed by atoms with Gasteiger partial charge in [0.2, 0.25) is 11.8 Å². The molecule has 228 valence electrons. The predicted octanol–water partition coefficient (Wildman–Crippen LogP) is 4.58. The van der Waals surface area contributed by atoms with Crippen molar-refractivity contribution in [3.05, 3.63) is 94.6 Å². The van der Waals surface area contributed by atoms with E-state index >= 15 is 0 Å². The van der Waals surface area contributed by atoms with Gasteiger partial charge in [-0.25, -0.2) is 0 Å². The molecule has 8 nitrogen and oxygen atoms in total. The number of unbranched alkanes of at least 4 members (excludes halogenated alkanes) is 1. The topological polar surface area (TPSA) is 132 Å². The Morgan fingerprint density at radius 3 is 2.47 bits per heavy atom. The molecule has 0 aliphatic rings. The summed E-state index contributed by atoms with van der Waals surface area (Å²) < 4.78 is 2.04. The van der Waals surface area contributed by atoms with Crippen LogP contribution in [-0.2, 0) is 36.1 Å². The molecule has 4 rings (SSSR count). The van der Waals surface area contributed by atoms with Crippen LogP contribution in [0.4, 0.5) is 0 Å². The zero-order chi connectivity index (χ0) is 30.9. The molecule has 43 heavy (non-hydrogen) atoms. The fourth-order valence-electron chi connectivity index (χ4n) is 5.23. The lowest BCUT2D eigenvalue weighted by Gasteiger charge is -2.29. The van der Waals surface area contributed by atoms with E-state index < -0.39 is 12.1 Å². The molecule has 4 aromatic rings. The molecule has 1 heterocycles. The molecule has 7 N–H and O–H groups in total. The third-order valence-corrected chi connectivity index (χ3v) is 9.16. The lowest BCUT2D eigenvalue weighted by Crippen LogP contribution is -2.53. The standard InChI is InChI=1S/C33H41ClN6O2S/c1-39-21-24(26-10-4-5-12-28(26)39)18-29(40(2)33(42)27(37)11-7-8-16-35)32(41)38-20-23-17-25(34)14-15-31(23)43-30-13-6-3-9-22(30)19-36/h3-6,9-10,12-15,17,21,27,29H,7-8,11,16,18-20,35-37H2,1-2H3,(H,38,41)/t27-,29-/m0/s1. The van der Waals surface area contributed by atoms with E-state index in [1.807, 2.05) is 84.5 Å². The van der Waals surface area contributed by atoms with Crippen LogP contribution in [0.25, 0.3) is 10.9 Å². The minimum Gasteiger partial charge on any atom is -0.350 e. The molecule has 0 aliphatic carbocycles. The van der Waals surface area contributed by atoms with Gasteiger partial charge in [-0.3, -0.25) is 9.59 Å². The van der Waals surface area contributed by atoms with Crippen molar-refractivity contribution in [1.29, 1.82) is 0 Å². The maximum atomic E-state index is 13.9. The molecular formula is C33H41ClN6O2S. The summed E-state index contributed by atoms with van der Waals surface area (Å²) in [4.78, 5) is 30.9. The number of rotatable bonds is 14. The zero-order valence-electron chi connectivity index (χ0n) is 24.8. The maximum Gasteiger partial charge on any atom is 0.243 e. The average molecular weight is 621 g/mol. The van der Waals surface area contributed by atoms with Crippen LogP contribution >= 0.6 is 23.4 Å². The number of benzene rings is 3. The van der Waals surface area contributed by atoms with E-state index in [0.29, 0.717) is 31.0 Å². The number of aromatic nitrogens is 1. The van der Waals surface area contributed by atoms with Gasteiger partial charge in [0, 0.05) is 65.5 Å². The number of halogens is 1. The third-order valence-electron chi connectivity index (χ3n) is 7.69. The first-order valence-corrected chi connectivity index (χ1v) is 15.7. The van der Waals surface area contributed by atoms with Crippen molar-refractivity contribution in [1.82, 2.24) is 14.8 Å². The van der Waals surface area contributed by atoms with Crippen LogP contribution in [0.2, 0.25) is 5.02 Å². The summed E-state index contributed by atoms with van der Waals surface area (Å²) in [6, 6.07) is 20.2. The van der Waals surface area contributed by atoms with Crippen molar-refractivity contribution in [3.8, 4) is 0 Å². The van der Waals surface area contributed by atoms with Gasteiger partial charge in [0.1, 0.15) is 6.04 Å². The molecule has 10 heteroatoms. The van der Waals surface area contributed by atoms with Crippen molar-refractivity contribution in [3.63, 3.8) is 0 Å². The Bertz CT molecular complexity index is 1560. The number of fused-ring (bicyclic) bond motifs is 1. The highest BCUT2D eigenvalue weighted by atomic mass is 35.5. The van der Waals surface area contributed by atoms with Crippen LogP contribution in [-0.4, -0.2) is 47.0 Å². The van der Waals surface area contributed by atoms with Gasteiger partial charge in [0.25, 0.3) is 0 Å². The predicted molar refractivity (Wildman–Crippen MR) is 176 cm³/mol. The number of hydrogen-bond acceptors (Lipinski definition) is 6. The van der Waals surface area contributed by atoms with Crippen molar-refractivity contribution >= 4 is 46.1 Å². The van der Waals surface area contributed by atoms with Crippen LogP contribution in [0, 0.1) is 0 Å². The molecule has 2 amide bonds. The highest BCUT2D eigenvalue weighted by molar-refractivity contribution is 7.99. The molecule has 0 bridgehead atoms. The monoisotopic (exact) mass is 620 g/mol. The molecule has 0 saturated carbocycles. The van der Waals surface area contributed by atoms with Gasteiger partial charge in [-0.05, 0) is 66.4 Å². The Morgan fingerprint density at radius 2 is 1.70 bits per heavy atom. The molecule has 0 spiro atoms. The lowest BCUT2D eigenvalue weighted by molar-refractivity contribution is -0.140. The van der Waals surface area contributed by atoms with Crippen molar-refractivity contribution in [2.45, 2.75) is 60.6 Å². The first kappa shape index (κ1) is 32.6. The van der Waals surface area contributed by atoms with Gasteiger partial charge in [-0.15, -0.1) is 0 Å². The number of likely N-dealkylation sites (N-methyl/N-ethyl adjacent to an activating group) is 1. The molecule has 2 atom stereocenters. The molecule has 0 unspecified atom stereocenters. The number of nitrogens with zero attached hydrogens (tertiary/aromatic N) is 2. The van der Waals surface area contributed by atoms with Crippen molar-refractivity contribution in [2.24, 2.45) is 24.2 Å². The second-order valence-electron chi connectivity index (χ2n) is 10.7. The number of nitrogens with two attached hydrogens (primary N) is 3. The summed E-state index contributed by atoms with van der Waals surface area (Å²) in [6.07, 6.45) is 4.41. The second kappa shape index (κ2) is 15.4. The number of carbonyl (C=O) groups is 2. The van der Waals surface area contributed by atoms with Crippen LogP contribution in [0.1, 0.15) is 36.0 Å². The fraction of sp³-hybridized carbons (Fsp3) is 0.333. The molecule has 1 aromatic heterocycles. The quantitative estimate of drug-likeness (QED) is 0.153. The smallest absolute Gasteiger partial charge is 0.243 e. The normalized spacial score (nSPS) is 12.7. The summed E-state index contributed by atoms with van der Waals surface area (Å²) in [6.45, 7) is 1.21. The summed E-state index contributed by atoms with van der Waals surface area (Å²) in [5.74, 6) is -0.536. The van der Waals surface area contributed by atoms with Crippen LogP contribution in [0.15, 0.2) is 82.7 Å². The summed E-state index contributed by atoms with van der Waals surface area (Å²) in [5, 5.41) is 4.71. The minimum atomic E-state index is -0.771. The van der Waals surface area contributed by atoms with Gasteiger partial charge < -0.3 is 32.0 Å². The SMILES string of the molecule is CN(C(=O)[C@@H](N)CCCCN)[C@@H](Cc1cn(C)c2ccccc12)C(=O)NCc1cc(Cl)ccc1Sc1ccccc1CN. The Hall–Kier alpha value is -3.34. The number of amides is 2. The van der Waals surface area contributed by atoms with Gasteiger partial charge >= 0.3 is 0 Å². The number of para-hydroxylation sites is 1. The summed E-state index contributed by atoms with van der Waals surface area (Å²) in [7, 11) is 3.63. The molecule has 0 radical (unpaired) electrons. The van der Waals surface area contributed by atoms with Crippen LogP contribution < -0.4 is 22.5 Å². The van der Waals surface area contributed by atoms with Gasteiger partial charge in [0.15, 0.2) is 0 Å². The van der Waals surface area contributed by atoms with Crippen molar-refractivity contribution < 1.29 is 9.59 Å². The largest absolute Gasteiger partial charge is 0.350 e. The van der Waals surface area contributed by atoms with Crippen LogP contribution in [0.3, 0.4) is 0 Å². The molecule has 0 aliphatic heterocycles. The highest BCUT2D eigenvalue weighted by Gasteiger charge is 2.31. The number of hydrogen-bond donors (Lipinski definition) is 4. The first-order valence-electron chi connectivity index (χ1n) is 14.5. The molecule has 0 fully saturated rings. The van der Waals surface area contributed by atoms with Gasteiger partial charge in [-0.1, -0.05) is 66.2 Å². The average Bonchev–Trinajstić information content (AvgIpc) is 3.34. The third kappa shape index (κ3) is 8.19. The lowest BCUT2D eigenvalue weighted by atomic mass is 10.0. The first-order chi connectivity index (χ1) is 20.7. The van der Waals surface area contributed by atoms with Crippen molar-refractivity contribution in [2.75, 3.05) is 13.6 Å². The number of carbonyl (C=O) groups excluding carboxylic acids is 2. The maximum absolute atomic E-state index is 13.9. The van der Waals surface area contributed by atoms with Gasteiger partial charge in [-0.2, -0.15) is 0 Å². The summed E-state index contributed by atoms with van der Waals surface area (Å²) in [5.41, 5.74) is 21.8. The van der Waals surface area contributed by atoms with Crippen LogP contribution in [0.5, 0.6) is 0 Å². The van der Waals surface area contributed by atoms with Gasteiger partial charge in [0.05, 0.1) is 6.04 Å². The fourth-order valence-corrected chi connectivity index (χ4v) is 6.48. The van der Waals surface area contributed by atoms with E-state index in [2.05, 4.69) is 5.32 Å².